The molecule has 5 nitrogen and oxygen atoms in total. The van der Waals surface area contributed by atoms with Crippen LogP contribution >= 0.6 is 0 Å². The van der Waals surface area contributed by atoms with E-state index >= 15 is 0 Å². The van der Waals surface area contributed by atoms with Crippen LogP contribution in [0.2, 0.25) is 0 Å². The molecule has 26 heavy (non-hydrogen) atoms. The van der Waals surface area contributed by atoms with Gasteiger partial charge in [-0.2, -0.15) is 0 Å². The van der Waals surface area contributed by atoms with Gasteiger partial charge in [-0.15, -0.1) is 0 Å². The normalized spacial score (nSPS) is 16.0. The first kappa shape index (κ1) is 17.2. The Morgan fingerprint density at radius 2 is 1.96 bits per heavy atom. The van der Waals surface area contributed by atoms with Crippen LogP contribution in [0.1, 0.15) is 57.6 Å². The average molecular weight is 350 g/mol. The molecule has 1 aliphatic rings. The molecule has 0 aliphatic carbocycles. The van der Waals surface area contributed by atoms with Gasteiger partial charge in [-0.05, 0) is 37.0 Å². The largest absolute Gasteiger partial charge is 0.382 e. The van der Waals surface area contributed by atoms with Crippen molar-refractivity contribution in [3.8, 4) is 11.1 Å². The van der Waals surface area contributed by atoms with Crippen LogP contribution in [0.25, 0.3) is 22.2 Å². The Hall–Kier alpha value is -2.27. The lowest BCUT2D eigenvalue weighted by atomic mass is 9.93. The van der Waals surface area contributed by atoms with E-state index in [4.69, 9.17) is 4.98 Å². The predicted octanol–water partition coefficient (Wildman–Crippen LogP) is 4.23. The zero-order valence-corrected chi connectivity index (χ0v) is 15.6. The first-order valence-corrected chi connectivity index (χ1v) is 9.69. The highest BCUT2D eigenvalue weighted by molar-refractivity contribution is 5.82. The summed E-state index contributed by atoms with van der Waals surface area (Å²) < 4.78 is 2.31. The fourth-order valence-electron chi connectivity index (χ4n) is 3.82. The van der Waals surface area contributed by atoms with Gasteiger partial charge in [-0.1, -0.05) is 32.8 Å². The first-order valence-electron chi connectivity index (χ1n) is 9.69. The number of unbranched alkanes of at least 4 members (excludes halogenated alkanes) is 1. The molecule has 1 N–H and O–H groups in total. The van der Waals surface area contributed by atoms with Crippen LogP contribution in [0.15, 0.2) is 30.6 Å². The van der Waals surface area contributed by atoms with E-state index in [1.165, 1.54) is 17.8 Å². The molecule has 3 heterocycles. The molecule has 1 atom stereocenters. The number of hydrogen-bond acceptors (Lipinski definition) is 4. The summed E-state index contributed by atoms with van der Waals surface area (Å²) in [6, 6.07) is 6.33. The van der Waals surface area contributed by atoms with Crippen molar-refractivity contribution in [1.82, 2.24) is 19.5 Å². The number of imidazole rings is 1. The molecule has 0 spiro atoms. The summed E-state index contributed by atoms with van der Waals surface area (Å²) in [7, 11) is 0. The summed E-state index contributed by atoms with van der Waals surface area (Å²) in [5.41, 5.74) is 3.38. The number of aromatic nitrogens is 4. The van der Waals surface area contributed by atoms with Gasteiger partial charge in [0.05, 0.1) is 11.0 Å². The Bertz CT molecular complexity index is 916. The minimum atomic E-state index is -0.926. The smallest absolute Gasteiger partial charge is 0.159 e. The fraction of sp³-hybridized carbons (Fsp3) is 0.476. The number of fused-ring (bicyclic) bond motifs is 3. The highest BCUT2D eigenvalue weighted by Crippen LogP contribution is 2.30. The fourth-order valence-corrected chi connectivity index (χ4v) is 3.82. The molecule has 0 saturated carbocycles. The second-order valence-electron chi connectivity index (χ2n) is 7.27. The highest BCUT2D eigenvalue weighted by atomic mass is 16.3. The van der Waals surface area contributed by atoms with Gasteiger partial charge >= 0.3 is 0 Å². The van der Waals surface area contributed by atoms with E-state index in [1.807, 2.05) is 19.3 Å². The van der Waals surface area contributed by atoms with Gasteiger partial charge in [0.15, 0.2) is 5.82 Å². The van der Waals surface area contributed by atoms with Gasteiger partial charge in [0.1, 0.15) is 11.4 Å². The van der Waals surface area contributed by atoms with Gasteiger partial charge in [0.25, 0.3) is 0 Å². The molecule has 5 heteroatoms. The first-order chi connectivity index (χ1) is 12.6. The lowest BCUT2D eigenvalue weighted by Crippen LogP contribution is -2.27. The molecule has 3 aromatic rings. The zero-order chi connectivity index (χ0) is 18.1. The molecule has 0 saturated heterocycles. The van der Waals surface area contributed by atoms with Gasteiger partial charge in [-0.25, -0.2) is 15.0 Å². The monoisotopic (exact) mass is 350 g/mol. The van der Waals surface area contributed by atoms with Gasteiger partial charge in [0.2, 0.25) is 0 Å². The van der Waals surface area contributed by atoms with Gasteiger partial charge in [0, 0.05) is 30.9 Å². The number of benzene rings is 1. The molecule has 0 amide bonds. The van der Waals surface area contributed by atoms with Crippen molar-refractivity contribution in [2.45, 2.75) is 64.5 Å². The number of aryl methyl sites for hydroxylation is 2. The Balaban J connectivity index is 1.65. The van der Waals surface area contributed by atoms with E-state index in [9.17, 15) is 5.11 Å². The van der Waals surface area contributed by atoms with E-state index in [0.717, 1.165) is 42.5 Å². The molecular formula is C21H26N4O. The lowest BCUT2D eigenvalue weighted by molar-refractivity contribution is 0.0123. The van der Waals surface area contributed by atoms with Crippen LogP contribution in [0.4, 0.5) is 0 Å². The summed E-state index contributed by atoms with van der Waals surface area (Å²) in [5, 5.41) is 10.9. The third kappa shape index (κ3) is 2.90. The van der Waals surface area contributed by atoms with Crippen molar-refractivity contribution in [3.05, 3.63) is 42.2 Å². The van der Waals surface area contributed by atoms with Crippen molar-refractivity contribution in [2.75, 3.05) is 0 Å². The maximum absolute atomic E-state index is 10.9. The molecule has 1 aliphatic heterocycles. The molecule has 0 bridgehead atoms. The summed E-state index contributed by atoms with van der Waals surface area (Å²) in [5.74, 6) is 1.72. The zero-order valence-electron chi connectivity index (χ0n) is 15.6. The van der Waals surface area contributed by atoms with Gasteiger partial charge < -0.3 is 9.67 Å². The van der Waals surface area contributed by atoms with Crippen molar-refractivity contribution in [2.24, 2.45) is 0 Å². The highest BCUT2D eigenvalue weighted by Gasteiger charge is 2.29. The molecule has 1 aromatic carbocycles. The van der Waals surface area contributed by atoms with Crippen molar-refractivity contribution < 1.29 is 5.11 Å². The van der Waals surface area contributed by atoms with Crippen molar-refractivity contribution >= 4 is 11.0 Å². The third-order valence-electron chi connectivity index (χ3n) is 5.54. The number of nitrogens with zero attached hydrogens (tertiary/aromatic N) is 4. The Labute approximate surface area is 154 Å². The Morgan fingerprint density at radius 3 is 2.69 bits per heavy atom. The van der Waals surface area contributed by atoms with Crippen molar-refractivity contribution in [1.29, 1.82) is 0 Å². The summed E-state index contributed by atoms with van der Waals surface area (Å²) >= 11 is 0. The minimum absolute atomic E-state index is 0.531. The number of hydrogen-bond donors (Lipinski definition) is 1. The van der Waals surface area contributed by atoms with E-state index in [-0.39, 0.29) is 0 Å². The minimum Gasteiger partial charge on any atom is -0.382 e. The molecule has 136 valence electrons. The quantitative estimate of drug-likeness (QED) is 0.723. The molecular weight excluding hydrogens is 324 g/mol. The SMILES string of the molecule is CCCCC(O)(CC)c1ncc(-c2ccc3nc4n(c3c2)CCC4)cn1. The van der Waals surface area contributed by atoms with Crippen LogP contribution in [0, 0.1) is 0 Å². The number of rotatable bonds is 6. The van der Waals surface area contributed by atoms with E-state index in [2.05, 4.69) is 39.7 Å². The lowest BCUT2D eigenvalue weighted by Gasteiger charge is -2.25. The van der Waals surface area contributed by atoms with E-state index in [0.29, 0.717) is 18.7 Å². The Morgan fingerprint density at radius 1 is 1.15 bits per heavy atom. The molecule has 0 fully saturated rings. The second kappa shape index (κ2) is 6.80. The van der Waals surface area contributed by atoms with Crippen LogP contribution in [0.5, 0.6) is 0 Å². The molecule has 2 aromatic heterocycles. The van der Waals surface area contributed by atoms with Crippen LogP contribution in [-0.4, -0.2) is 24.6 Å². The Kier molecular flexibility index (Phi) is 4.49. The topological polar surface area (TPSA) is 63.8 Å². The second-order valence-corrected chi connectivity index (χ2v) is 7.27. The van der Waals surface area contributed by atoms with E-state index < -0.39 is 5.60 Å². The van der Waals surface area contributed by atoms with Gasteiger partial charge in [-0.3, -0.25) is 0 Å². The van der Waals surface area contributed by atoms with Crippen LogP contribution < -0.4 is 0 Å². The third-order valence-corrected chi connectivity index (χ3v) is 5.54. The summed E-state index contributed by atoms with van der Waals surface area (Å²) in [6.45, 7) is 5.16. The summed E-state index contributed by atoms with van der Waals surface area (Å²) in [6.07, 6.45) is 9.25. The molecule has 0 radical (unpaired) electrons. The maximum atomic E-state index is 10.9. The van der Waals surface area contributed by atoms with Crippen LogP contribution in [-0.2, 0) is 18.6 Å². The maximum Gasteiger partial charge on any atom is 0.159 e. The van der Waals surface area contributed by atoms with Crippen LogP contribution in [0.3, 0.4) is 0 Å². The van der Waals surface area contributed by atoms with E-state index in [1.54, 1.807) is 0 Å². The molecule has 1 unspecified atom stereocenters. The summed E-state index contributed by atoms with van der Waals surface area (Å²) in [4.78, 5) is 13.7. The molecule has 4 rings (SSSR count). The van der Waals surface area contributed by atoms with Crippen molar-refractivity contribution in [3.63, 3.8) is 0 Å². The standard InChI is InChI=1S/C21H26N4O/c1-3-5-10-21(26,4-2)20-22-13-16(14-23-20)15-8-9-17-18(12-15)25-11-6-7-19(25)24-17/h8-9,12-14,26H,3-7,10-11H2,1-2H3. The number of aliphatic hydroxyl groups is 1. The predicted molar refractivity (Wildman–Crippen MR) is 103 cm³/mol. The average Bonchev–Trinajstić information content (AvgIpc) is 3.27.